The van der Waals surface area contributed by atoms with Gasteiger partial charge in [0.15, 0.2) is 0 Å². The lowest BCUT2D eigenvalue weighted by Gasteiger charge is -2.29. The summed E-state index contributed by atoms with van der Waals surface area (Å²) < 4.78 is 27.6. The first-order valence-corrected chi connectivity index (χ1v) is 13.7. The van der Waals surface area contributed by atoms with Crippen LogP contribution in [0.5, 0.6) is 0 Å². The van der Waals surface area contributed by atoms with E-state index in [0.29, 0.717) is 11.5 Å². The molecule has 4 rings (SSSR count). The molecule has 0 atom stereocenters. The van der Waals surface area contributed by atoms with E-state index in [1.54, 1.807) is 0 Å². The Morgan fingerprint density at radius 2 is 1.31 bits per heavy atom. The minimum atomic E-state index is -0.723. The van der Waals surface area contributed by atoms with Crippen LogP contribution in [-0.2, 0) is 12.8 Å². The van der Waals surface area contributed by atoms with E-state index in [-0.39, 0.29) is 0 Å². The zero-order valence-corrected chi connectivity index (χ0v) is 21.6. The van der Waals surface area contributed by atoms with Gasteiger partial charge >= 0.3 is 0 Å². The first-order chi connectivity index (χ1) is 17.0. The summed E-state index contributed by atoms with van der Waals surface area (Å²) in [6.45, 7) is 2.26. The summed E-state index contributed by atoms with van der Waals surface area (Å²) in [6, 6.07) is 20.1. The lowest BCUT2D eigenvalue weighted by Crippen LogP contribution is -2.14. The fourth-order valence-corrected chi connectivity index (χ4v) is 5.56. The summed E-state index contributed by atoms with van der Waals surface area (Å²) in [7, 11) is 0. The van der Waals surface area contributed by atoms with Crippen LogP contribution in [-0.4, -0.2) is 0 Å². The van der Waals surface area contributed by atoms with Gasteiger partial charge in [0, 0.05) is 0 Å². The van der Waals surface area contributed by atoms with Crippen LogP contribution >= 0.6 is 11.6 Å². The average Bonchev–Trinajstić information content (AvgIpc) is 2.89. The van der Waals surface area contributed by atoms with E-state index in [2.05, 4.69) is 43.3 Å². The molecule has 0 amide bonds. The van der Waals surface area contributed by atoms with Gasteiger partial charge in [-0.15, -0.1) is 0 Å². The minimum absolute atomic E-state index is 0.449. The number of aryl methyl sites for hydroxylation is 2. The van der Waals surface area contributed by atoms with Crippen LogP contribution < -0.4 is 0 Å². The average molecular weight is 495 g/mol. The van der Waals surface area contributed by atoms with Gasteiger partial charge in [-0.3, -0.25) is 0 Å². The lowest BCUT2D eigenvalue weighted by molar-refractivity contribution is 0.310. The van der Waals surface area contributed by atoms with E-state index >= 15 is 0 Å². The molecule has 1 fully saturated rings. The van der Waals surface area contributed by atoms with Crippen molar-refractivity contribution < 1.29 is 8.78 Å². The van der Waals surface area contributed by atoms with Gasteiger partial charge in [0.2, 0.25) is 0 Å². The molecule has 3 aromatic rings. The highest BCUT2D eigenvalue weighted by atomic mass is 35.5. The lowest BCUT2D eigenvalue weighted by atomic mass is 9.76. The topological polar surface area (TPSA) is 0 Å². The molecule has 0 saturated heterocycles. The molecule has 1 aliphatic rings. The first kappa shape index (κ1) is 25.9. The molecule has 0 aromatic heterocycles. The summed E-state index contributed by atoms with van der Waals surface area (Å²) in [5.74, 6) is 0.0439. The molecule has 1 saturated carbocycles. The molecule has 0 heterocycles. The van der Waals surface area contributed by atoms with Crippen molar-refractivity contribution in [3.63, 3.8) is 0 Å². The van der Waals surface area contributed by atoms with Crippen molar-refractivity contribution in [1.82, 2.24) is 0 Å². The molecular formula is C32H37ClF2. The normalized spacial score (nSPS) is 18.1. The highest BCUT2D eigenvalue weighted by Gasteiger charge is 2.22. The van der Waals surface area contributed by atoms with Crippen LogP contribution in [0.4, 0.5) is 8.78 Å². The molecule has 1 aliphatic carbocycles. The smallest absolute Gasteiger partial charge is 0.145 e. The van der Waals surface area contributed by atoms with Gasteiger partial charge in [0.1, 0.15) is 16.7 Å². The SMILES string of the molecule is CCCCCCc1ccc(C2CCC(CCc3ccc(-c4cc(F)c(Cl)c(F)c4)cc3)CC2)cc1. The Morgan fingerprint density at radius 3 is 1.94 bits per heavy atom. The van der Waals surface area contributed by atoms with Crippen molar-refractivity contribution in [3.8, 4) is 11.1 Å². The van der Waals surface area contributed by atoms with E-state index in [1.165, 1.54) is 93.0 Å². The van der Waals surface area contributed by atoms with Gasteiger partial charge in [-0.1, -0.05) is 86.3 Å². The zero-order valence-electron chi connectivity index (χ0n) is 20.8. The van der Waals surface area contributed by atoms with Gasteiger partial charge < -0.3 is 0 Å². The van der Waals surface area contributed by atoms with Gasteiger partial charge in [0.05, 0.1) is 0 Å². The predicted molar refractivity (Wildman–Crippen MR) is 144 cm³/mol. The molecule has 0 nitrogen and oxygen atoms in total. The molecule has 3 aromatic carbocycles. The van der Waals surface area contributed by atoms with Crippen LogP contribution in [0.3, 0.4) is 0 Å². The Balaban J connectivity index is 1.22. The minimum Gasteiger partial charge on any atom is -0.205 e. The Kier molecular flexibility index (Phi) is 9.38. The van der Waals surface area contributed by atoms with E-state index in [4.69, 9.17) is 11.6 Å². The fourth-order valence-electron chi connectivity index (χ4n) is 5.45. The second-order valence-corrected chi connectivity index (χ2v) is 10.6. The van der Waals surface area contributed by atoms with Gasteiger partial charge in [0.25, 0.3) is 0 Å². The second kappa shape index (κ2) is 12.7. The van der Waals surface area contributed by atoms with Crippen LogP contribution in [0, 0.1) is 17.6 Å². The molecule has 35 heavy (non-hydrogen) atoms. The van der Waals surface area contributed by atoms with Crippen molar-refractivity contribution in [2.45, 2.75) is 83.5 Å². The molecule has 0 N–H and O–H groups in total. The maximum Gasteiger partial charge on any atom is 0.145 e. The maximum atomic E-state index is 13.8. The molecule has 0 unspecified atom stereocenters. The summed E-state index contributed by atoms with van der Waals surface area (Å²) in [6.07, 6.45) is 13.9. The van der Waals surface area contributed by atoms with Crippen LogP contribution in [0.15, 0.2) is 60.7 Å². The van der Waals surface area contributed by atoms with Crippen LogP contribution in [0.2, 0.25) is 5.02 Å². The van der Waals surface area contributed by atoms with E-state index < -0.39 is 16.7 Å². The third kappa shape index (κ3) is 7.17. The molecule has 3 heteroatoms. The molecule has 0 radical (unpaired) electrons. The monoisotopic (exact) mass is 494 g/mol. The highest BCUT2D eigenvalue weighted by Crippen LogP contribution is 2.38. The van der Waals surface area contributed by atoms with Crippen molar-refractivity contribution in [2.24, 2.45) is 5.92 Å². The number of halogens is 3. The highest BCUT2D eigenvalue weighted by molar-refractivity contribution is 6.31. The molecule has 0 bridgehead atoms. The molecule has 0 spiro atoms. The Morgan fingerprint density at radius 1 is 0.714 bits per heavy atom. The van der Waals surface area contributed by atoms with Crippen molar-refractivity contribution in [2.75, 3.05) is 0 Å². The third-order valence-corrected chi connectivity index (χ3v) is 8.09. The first-order valence-electron chi connectivity index (χ1n) is 13.4. The molecule has 0 aliphatic heterocycles. The third-order valence-electron chi connectivity index (χ3n) is 7.73. The maximum absolute atomic E-state index is 13.8. The Hall–Kier alpha value is -2.19. The number of hydrogen-bond acceptors (Lipinski definition) is 0. The summed E-state index contributed by atoms with van der Waals surface area (Å²) in [5, 5.41) is -0.449. The number of benzene rings is 3. The van der Waals surface area contributed by atoms with E-state index in [0.717, 1.165) is 17.9 Å². The van der Waals surface area contributed by atoms with Crippen molar-refractivity contribution in [3.05, 3.63) is 94.0 Å². The quantitative estimate of drug-likeness (QED) is 0.194. The number of unbranched alkanes of at least 4 members (excludes halogenated alkanes) is 3. The van der Waals surface area contributed by atoms with Crippen molar-refractivity contribution in [1.29, 1.82) is 0 Å². The van der Waals surface area contributed by atoms with E-state index in [9.17, 15) is 8.78 Å². The predicted octanol–water partition coefficient (Wildman–Crippen LogP) is 10.3. The van der Waals surface area contributed by atoms with Gasteiger partial charge in [-0.2, -0.15) is 0 Å². The Labute approximate surface area is 214 Å². The molecule has 186 valence electrons. The number of rotatable bonds is 10. The van der Waals surface area contributed by atoms with Crippen LogP contribution in [0.1, 0.15) is 87.3 Å². The number of hydrogen-bond donors (Lipinski definition) is 0. The second-order valence-electron chi connectivity index (χ2n) is 10.3. The zero-order chi connectivity index (χ0) is 24.6. The van der Waals surface area contributed by atoms with Crippen molar-refractivity contribution >= 4 is 11.6 Å². The van der Waals surface area contributed by atoms with Crippen LogP contribution in [0.25, 0.3) is 11.1 Å². The van der Waals surface area contributed by atoms with Gasteiger partial charge in [-0.05, 0) is 103 Å². The van der Waals surface area contributed by atoms with E-state index in [1.807, 2.05) is 12.1 Å². The summed E-state index contributed by atoms with van der Waals surface area (Å²) >= 11 is 5.60. The standard InChI is InChI=1S/C32H37ClF2/c1-2-3-4-5-6-23-9-15-26(16-10-23)27-17-11-24(12-18-27)7-8-25-13-19-28(20-14-25)29-21-30(34)32(33)31(35)22-29/h9-10,13-16,19-22,24,27H,2-8,11-12,17-18H2,1H3. The molecular weight excluding hydrogens is 458 g/mol. The summed E-state index contributed by atoms with van der Waals surface area (Å²) in [4.78, 5) is 0. The van der Waals surface area contributed by atoms with Gasteiger partial charge in [-0.25, -0.2) is 8.78 Å². The Bertz CT molecular complexity index is 1040. The largest absolute Gasteiger partial charge is 0.205 e. The summed E-state index contributed by atoms with van der Waals surface area (Å²) in [5.41, 5.74) is 5.59. The fraction of sp³-hybridized carbons (Fsp3) is 0.438.